The van der Waals surface area contributed by atoms with Crippen molar-refractivity contribution in [1.29, 1.82) is 0 Å². The second kappa shape index (κ2) is 7.55. The lowest BCUT2D eigenvalue weighted by Crippen LogP contribution is -2.38. The largest absolute Gasteiger partial charge is 0.360 e. The fraction of sp³-hybridized carbons (Fsp3) is 0.474. The highest BCUT2D eigenvalue weighted by molar-refractivity contribution is 5.83. The molecule has 0 bridgehead atoms. The van der Waals surface area contributed by atoms with Crippen LogP contribution in [0.3, 0.4) is 0 Å². The van der Waals surface area contributed by atoms with Crippen molar-refractivity contribution in [2.24, 2.45) is 5.92 Å². The lowest BCUT2D eigenvalue weighted by Gasteiger charge is -2.31. The van der Waals surface area contributed by atoms with Crippen LogP contribution in [-0.2, 0) is 24.2 Å². The number of rotatable bonds is 6. The summed E-state index contributed by atoms with van der Waals surface area (Å²) >= 11 is 0. The van der Waals surface area contributed by atoms with Gasteiger partial charge in [0, 0.05) is 24.9 Å². The molecule has 4 nitrogen and oxygen atoms in total. The fourth-order valence-electron chi connectivity index (χ4n) is 3.22. The van der Waals surface area contributed by atoms with Crippen molar-refractivity contribution in [1.82, 2.24) is 10.1 Å². The van der Waals surface area contributed by atoms with E-state index < -0.39 is 0 Å². The molecular formula is C19H24N2O2. The van der Waals surface area contributed by atoms with E-state index in [0.717, 1.165) is 55.9 Å². The van der Waals surface area contributed by atoms with Crippen molar-refractivity contribution in [2.45, 2.75) is 39.2 Å². The summed E-state index contributed by atoms with van der Waals surface area (Å²) < 4.78 is 5.37. The van der Waals surface area contributed by atoms with Crippen LogP contribution in [0.15, 0.2) is 40.9 Å². The van der Waals surface area contributed by atoms with Gasteiger partial charge in [0.05, 0.1) is 12.2 Å². The number of hydrogen-bond donors (Lipinski definition) is 0. The molecule has 3 rings (SSSR count). The lowest BCUT2D eigenvalue weighted by molar-refractivity contribution is -0.124. The lowest BCUT2D eigenvalue weighted by atomic mass is 9.90. The van der Waals surface area contributed by atoms with Crippen LogP contribution >= 0.6 is 0 Å². The van der Waals surface area contributed by atoms with E-state index >= 15 is 0 Å². The second-order valence-corrected chi connectivity index (χ2v) is 6.34. The van der Waals surface area contributed by atoms with Crippen LogP contribution in [0.5, 0.6) is 0 Å². The second-order valence-electron chi connectivity index (χ2n) is 6.34. The van der Waals surface area contributed by atoms with Gasteiger partial charge in [-0.05, 0) is 31.4 Å². The van der Waals surface area contributed by atoms with E-state index in [1.54, 1.807) is 0 Å². The quantitative estimate of drug-likeness (QED) is 0.821. The molecule has 0 aliphatic carbocycles. The van der Waals surface area contributed by atoms with Gasteiger partial charge < -0.3 is 4.52 Å². The zero-order chi connectivity index (χ0) is 16.1. The number of hydrogen-bond acceptors (Lipinski definition) is 4. The highest BCUT2D eigenvalue weighted by atomic mass is 16.5. The third-order valence-corrected chi connectivity index (χ3v) is 4.53. The third kappa shape index (κ3) is 4.29. The van der Waals surface area contributed by atoms with Gasteiger partial charge in [0.25, 0.3) is 0 Å². The van der Waals surface area contributed by atoms with E-state index in [9.17, 15) is 4.79 Å². The van der Waals surface area contributed by atoms with Crippen LogP contribution < -0.4 is 0 Å². The zero-order valence-electron chi connectivity index (χ0n) is 13.7. The Morgan fingerprint density at radius 3 is 2.91 bits per heavy atom. The van der Waals surface area contributed by atoms with Gasteiger partial charge in [-0.1, -0.05) is 42.4 Å². The van der Waals surface area contributed by atoms with Crippen molar-refractivity contribution < 1.29 is 9.32 Å². The molecule has 1 fully saturated rings. The first-order chi connectivity index (χ1) is 11.2. The predicted molar refractivity (Wildman–Crippen MR) is 89.0 cm³/mol. The molecule has 1 atom stereocenters. The van der Waals surface area contributed by atoms with E-state index in [0.29, 0.717) is 12.2 Å². The van der Waals surface area contributed by atoms with Crippen LogP contribution in [0, 0.1) is 5.92 Å². The fourth-order valence-corrected chi connectivity index (χ4v) is 3.22. The summed E-state index contributed by atoms with van der Waals surface area (Å²) in [5.74, 6) is 1.39. The van der Waals surface area contributed by atoms with Crippen molar-refractivity contribution in [3.05, 3.63) is 53.4 Å². The maximum Gasteiger partial charge on any atom is 0.150 e. The normalized spacial score (nSPS) is 18.9. The number of likely N-dealkylation sites (tertiary alicyclic amines) is 1. The summed E-state index contributed by atoms with van der Waals surface area (Å²) in [7, 11) is 0. The van der Waals surface area contributed by atoms with Crippen LogP contribution in [0.2, 0.25) is 0 Å². The summed E-state index contributed by atoms with van der Waals surface area (Å²) in [6, 6.07) is 12.0. The predicted octanol–water partition coefficient (Wildman–Crippen LogP) is 3.26. The zero-order valence-corrected chi connectivity index (χ0v) is 13.7. The topological polar surface area (TPSA) is 46.3 Å². The third-order valence-electron chi connectivity index (χ3n) is 4.53. The Labute approximate surface area is 137 Å². The summed E-state index contributed by atoms with van der Waals surface area (Å²) in [5, 5.41) is 4.04. The monoisotopic (exact) mass is 312 g/mol. The minimum atomic E-state index is 0.137. The number of carbonyl (C=O) groups is 1. The number of nitrogens with zero attached hydrogens (tertiary/aromatic N) is 2. The molecule has 23 heavy (non-hydrogen) atoms. The molecule has 0 N–H and O–H groups in total. The molecule has 122 valence electrons. The van der Waals surface area contributed by atoms with Crippen LogP contribution in [0.4, 0.5) is 0 Å². The Bertz CT molecular complexity index is 636. The molecule has 1 saturated heterocycles. The molecule has 0 radical (unpaired) electrons. The molecule has 1 aliphatic heterocycles. The molecule has 0 saturated carbocycles. The highest BCUT2D eigenvalue weighted by Gasteiger charge is 2.26. The highest BCUT2D eigenvalue weighted by Crippen LogP contribution is 2.21. The van der Waals surface area contributed by atoms with Crippen LogP contribution in [0.25, 0.3) is 0 Å². The molecule has 0 amide bonds. The number of carbonyl (C=O) groups excluding carboxylic acids is 1. The standard InChI is InChI=1S/C19H24N2O2/c1-2-17-12-18(23-20-17)14-21-10-6-9-16(13-21)19(22)11-15-7-4-3-5-8-15/h3-5,7-8,12,16H,2,6,9-11,13-14H2,1H3/t16-/m0/s1. The molecule has 1 aromatic carbocycles. The van der Waals surface area contributed by atoms with E-state index in [1.807, 2.05) is 36.4 Å². The summed E-state index contributed by atoms with van der Waals surface area (Å²) in [5.41, 5.74) is 2.10. The Hall–Kier alpha value is -1.94. The van der Waals surface area contributed by atoms with Crippen LogP contribution in [-0.4, -0.2) is 28.9 Å². The number of aromatic nitrogens is 1. The molecular weight excluding hydrogens is 288 g/mol. The molecule has 1 aliphatic rings. The number of piperidine rings is 1. The van der Waals surface area contributed by atoms with Gasteiger partial charge in [0.2, 0.25) is 0 Å². The number of benzene rings is 1. The minimum Gasteiger partial charge on any atom is -0.360 e. The van der Waals surface area contributed by atoms with Gasteiger partial charge >= 0.3 is 0 Å². The molecule has 0 unspecified atom stereocenters. The first-order valence-corrected chi connectivity index (χ1v) is 8.48. The minimum absolute atomic E-state index is 0.137. The maximum atomic E-state index is 12.6. The Balaban J connectivity index is 1.56. The van der Waals surface area contributed by atoms with Gasteiger partial charge in [0.15, 0.2) is 5.76 Å². The first kappa shape index (κ1) is 15.9. The van der Waals surface area contributed by atoms with Gasteiger partial charge in [-0.3, -0.25) is 9.69 Å². The maximum absolute atomic E-state index is 12.6. The first-order valence-electron chi connectivity index (χ1n) is 8.48. The Kier molecular flexibility index (Phi) is 5.23. The van der Waals surface area contributed by atoms with E-state index in [2.05, 4.69) is 17.0 Å². The summed E-state index contributed by atoms with van der Waals surface area (Å²) in [4.78, 5) is 14.9. The average Bonchev–Trinajstić information content (AvgIpc) is 3.03. The van der Waals surface area contributed by atoms with Crippen molar-refractivity contribution in [2.75, 3.05) is 13.1 Å². The molecule has 2 aromatic rings. The van der Waals surface area contributed by atoms with Crippen LogP contribution in [0.1, 0.15) is 36.8 Å². The average molecular weight is 312 g/mol. The van der Waals surface area contributed by atoms with Gasteiger partial charge in [-0.25, -0.2) is 0 Å². The molecule has 2 heterocycles. The Morgan fingerprint density at radius 1 is 1.35 bits per heavy atom. The van der Waals surface area contributed by atoms with Crippen molar-refractivity contribution >= 4 is 5.78 Å². The SMILES string of the molecule is CCc1cc(CN2CCC[C@H](C(=O)Cc3ccccc3)C2)on1. The number of Topliss-reactive ketones (excluding diaryl/α,β-unsaturated/α-hetero) is 1. The molecule has 4 heteroatoms. The van der Waals surface area contributed by atoms with E-state index in [4.69, 9.17) is 4.52 Å². The van der Waals surface area contributed by atoms with Crippen molar-refractivity contribution in [3.8, 4) is 0 Å². The van der Waals surface area contributed by atoms with Gasteiger partial charge in [-0.15, -0.1) is 0 Å². The summed E-state index contributed by atoms with van der Waals surface area (Å²) in [6.07, 6.45) is 3.50. The Morgan fingerprint density at radius 2 is 2.17 bits per heavy atom. The molecule has 0 spiro atoms. The van der Waals surface area contributed by atoms with Gasteiger partial charge in [-0.2, -0.15) is 0 Å². The molecule has 1 aromatic heterocycles. The number of aryl methyl sites for hydroxylation is 1. The number of ketones is 1. The van der Waals surface area contributed by atoms with Crippen molar-refractivity contribution in [3.63, 3.8) is 0 Å². The summed E-state index contributed by atoms with van der Waals surface area (Å²) in [6.45, 7) is 4.67. The van der Waals surface area contributed by atoms with E-state index in [1.165, 1.54) is 0 Å². The van der Waals surface area contributed by atoms with Gasteiger partial charge in [0.1, 0.15) is 5.78 Å². The smallest absolute Gasteiger partial charge is 0.150 e. The van der Waals surface area contributed by atoms with E-state index in [-0.39, 0.29) is 5.92 Å².